The van der Waals surface area contributed by atoms with Crippen molar-refractivity contribution in [3.8, 4) is 33.5 Å². The summed E-state index contributed by atoms with van der Waals surface area (Å²) < 4.78 is 40.3. The van der Waals surface area contributed by atoms with Crippen molar-refractivity contribution in [1.82, 2.24) is 4.98 Å². The van der Waals surface area contributed by atoms with Gasteiger partial charge in [-0.15, -0.1) is 0 Å². The minimum atomic E-state index is -0.375. The highest BCUT2D eigenvalue weighted by molar-refractivity contribution is 5.99. The molecule has 4 aromatic carbocycles. The van der Waals surface area contributed by atoms with Crippen LogP contribution in [0.25, 0.3) is 44.4 Å². The number of nitrogens with one attached hydrogen (secondary N) is 1. The third-order valence-corrected chi connectivity index (χ3v) is 5.42. The highest BCUT2D eigenvalue weighted by Crippen LogP contribution is 2.33. The predicted molar refractivity (Wildman–Crippen MR) is 121 cm³/mol. The standard InChI is InChI=1S/C27H16F3NO/c28-20-7-1-16(2-8-20)19-13-23(17-3-9-21(29)10-4-17)27-25(14-19)31-24(15-26(27)32)18-5-11-22(30)12-6-18/h1-15H,(H,31,32). The fourth-order valence-corrected chi connectivity index (χ4v) is 3.84. The lowest BCUT2D eigenvalue weighted by molar-refractivity contribution is 0.627. The van der Waals surface area contributed by atoms with Crippen LogP contribution in [-0.4, -0.2) is 4.98 Å². The number of fused-ring (bicyclic) bond motifs is 1. The second-order valence-corrected chi connectivity index (χ2v) is 7.51. The fourth-order valence-electron chi connectivity index (χ4n) is 3.84. The fraction of sp³-hybridized carbons (Fsp3) is 0. The number of rotatable bonds is 3. The van der Waals surface area contributed by atoms with Gasteiger partial charge >= 0.3 is 0 Å². The van der Waals surface area contributed by atoms with E-state index in [0.717, 1.165) is 11.1 Å². The maximum Gasteiger partial charge on any atom is 0.190 e. The molecule has 1 aromatic heterocycles. The van der Waals surface area contributed by atoms with Crippen molar-refractivity contribution in [1.29, 1.82) is 0 Å². The Morgan fingerprint density at radius 2 is 1.03 bits per heavy atom. The topological polar surface area (TPSA) is 32.9 Å². The predicted octanol–water partition coefficient (Wildman–Crippen LogP) is 6.95. The Morgan fingerprint density at radius 3 is 1.59 bits per heavy atom. The van der Waals surface area contributed by atoms with Gasteiger partial charge in [0.2, 0.25) is 0 Å². The summed E-state index contributed by atoms with van der Waals surface area (Å²) in [4.78, 5) is 16.5. The zero-order chi connectivity index (χ0) is 22.2. The molecule has 1 heterocycles. The van der Waals surface area contributed by atoms with Gasteiger partial charge in [0, 0.05) is 11.8 Å². The molecule has 0 aliphatic rings. The number of benzene rings is 4. The molecule has 0 spiro atoms. The SMILES string of the molecule is O=c1cc(-c2ccc(F)cc2)[nH]c2cc(-c3ccc(F)cc3)cc(-c3ccc(F)cc3)c12. The van der Waals surface area contributed by atoms with Gasteiger partial charge in [0.25, 0.3) is 0 Å². The number of aromatic nitrogens is 1. The van der Waals surface area contributed by atoms with E-state index < -0.39 is 0 Å². The Kier molecular flexibility index (Phi) is 4.86. The van der Waals surface area contributed by atoms with Crippen molar-refractivity contribution in [2.24, 2.45) is 0 Å². The van der Waals surface area contributed by atoms with Gasteiger partial charge in [-0.1, -0.05) is 24.3 Å². The first-order valence-electron chi connectivity index (χ1n) is 9.97. The molecule has 156 valence electrons. The van der Waals surface area contributed by atoms with Gasteiger partial charge in [-0.05, 0) is 88.5 Å². The summed E-state index contributed by atoms with van der Waals surface area (Å²) in [5.41, 5.74) is 4.41. The number of hydrogen-bond donors (Lipinski definition) is 1. The van der Waals surface area contributed by atoms with Crippen molar-refractivity contribution < 1.29 is 13.2 Å². The van der Waals surface area contributed by atoms with Crippen LogP contribution in [0.15, 0.2) is 95.8 Å². The van der Waals surface area contributed by atoms with E-state index in [1.165, 1.54) is 42.5 Å². The summed E-state index contributed by atoms with van der Waals surface area (Å²) in [6, 6.07) is 23.0. The lowest BCUT2D eigenvalue weighted by Crippen LogP contribution is -2.05. The van der Waals surface area contributed by atoms with Crippen LogP contribution in [0.2, 0.25) is 0 Å². The molecule has 0 aliphatic heterocycles. The lowest BCUT2D eigenvalue weighted by Gasteiger charge is -2.13. The quantitative estimate of drug-likeness (QED) is 0.332. The van der Waals surface area contributed by atoms with E-state index in [-0.39, 0.29) is 22.9 Å². The smallest absolute Gasteiger partial charge is 0.190 e. The second kappa shape index (κ2) is 7.85. The van der Waals surface area contributed by atoms with E-state index >= 15 is 0 Å². The first-order chi connectivity index (χ1) is 15.5. The van der Waals surface area contributed by atoms with Gasteiger partial charge < -0.3 is 4.98 Å². The van der Waals surface area contributed by atoms with Crippen LogP contribution in [0, 0.1) is 17.5 Å². The average Bonchev–Trinajstić information content (AvgIpc) is 2.79. The van der Waals surface area contributed by atoms with E-state index in [1.807, 2.05) is 12.1 Å². The van der Waals surface area contributed by atoms with Crippen molar-refractivity contribution in [2.45, 2.75) is 0 Å². The summed E-state index contributed by atoms with van der Waals surface area (Å²) in [6.07, 6.45) is 0. The molecule has 0 saturated carbocycles. The molecule has 2 nitrogen and oxygen atoms in total. The van der Waals surface area contributed by atoms with Crippen molar-refractivity contribution in [3.63, 3.8) is 0 Å². The van der Waals surface area contributed by atoms with Crippen molar-refractivity contribution in [2.75, 3.05) is 0 Å². The molecule has 5 heteroatoms. The molecular formula is C27H16F3NO. The van der Waals surface area contributed by atoms with Crippen molar-refractivity contribution in [3.05, 3.63) is 119 Å². The minimum absolute atomic E-state index is 0.219. The number of halogens is 3. The molecule has 0 amide bonds. The van der Waals surface area contributed by atoms with Crippen LogP contribution in [0.3, 0.4) is 0 Å². The molecule has 0 radical (unpaired) electrons. The second-order valence-electron chi connectivity index (χ2n) is 7.51. The molecule has 0 fully saturated rings. The zero-order valence-corrected chi connectivity index (χ0v) is 16.7. The largest absolute Gasteiger partial charge is 0.354 e. The molecule has 5 aromatic rings. The molecule has 0 bridgehead atoms. The molecular weight excluding hydrogens is 411 g/mol. The molecule has 5 rings (SSSR count). The Hall–Kier alpha value is -4.12. The Balaban J connectivity index is 1.80. The molecule has 0 aliphatic carbocycles. The van der Waals surface area contributed by atoms with Crippen LogP contribution in [0.5, 0.6) is 0 Å². The molecule has 0 unspecified atom stereocenters. The summed E-state index contributed by atoms with van der Waals surface area (Å²) in [6.45, 7) is 0. The number of H-pyrrole nitrogens is 1. The van der Waals surface area contributed by atoms with Gasteiger partial charge in [-0.25, -0.2) is 13.2 Å². The Labute approximate surface area is 181 Å². The monoisotopic (exact) mass is 427 g/mol. The summed E-state index contributed by atoms with van der Waals surface area (Å²) >= 11 is 0. The van der Waals surface area contributed by atoms with Gasteiger partial charge in [-0.3, -0.25) is 4.79 Å². The van der Waals surface area contributed by atoms with E-state index in [4.69, 9.17) is 0 Å². The van der Waals surface area contributed by atoms with E-state index in [9.17, 15) is 18.0 Å². The highest BCUT2D eigenvalue weighted by Gasteiger charge is 2.14. The van der Waals surface area contributed by atoms with E-state index in [2.05, 4.69) is 4.98 Å². The lowest BCUT2D eigenvalue weighted by atomic mass is 9.94. The van der Waals surface area contributed by atoms with Gasteiger partial charge in [0.1, 0.15) is 17.5 Å². The maximum atomic E-state index is 13.5. The van der Waals surface area contributed by atoms with Gasteiger partial charge in [0.05, 0.1) is 10.9 Å². The molecule has 32 heavy (non-hydrogen) atoms. The minimum Gasteiger partial charge on any atom is -0.354 e. The van der Waals surface area contributed by atoms with Crippen LogP contribution in [0.4, 0.5) is 13.2 Å². The number of hydrogen-bond acceptors (Lipinski definition) is 1. The average molecular weight is 427 g/mol. The molecule has 1 N–H and O–H groups in total. The van der Waals surface area contributed by atoms with Crippen LogP contribution >= 0.6 is 0 Å². The molecule has 0 saturated heterocycles. The summed E-state index contributed by atoms with van der Waals surface area (Å²) in [5.74, 6) is -1.09. The Bertz CT molecular complexity index is 1480. The number of pyridine rings is 1. The van der Waals surface area contributed by atoms with Gasteiger partial charge in [0.15, 0.2) is 5.43 Å². The number of aromatic amines is 1. The Morgan fingerprint density at radius 1 is 0.531 bits per heavy atom. The molecule has 0 atom stereocenters. The first-order valence-corrected chi connectivity index (χ1v) is 9.97. The van der Waals surface area contributed by atoms with Gasteiger partial charge in [-0.2, -0.15) is 0 Å². The van der Waals surface area contributed by atoms with E-state index in [0.29, 0.717) is 33.3 Å². The zero-order valence-electron chi connectivity index (χ0n) is 16.7. The van der Waals surface area contributed by atoms with Crippen LogP contribution < -0.4 is 5.43 Å². The summed E-state index contributed by atoms with van der Waals surface area (Å²) in [5, 5.41) is 0.452. The van der Waals surface area contributed by atoms with E-state index in [1.54, 1.807) is 36.4 Å². The normalized spacial score (nSPS) is 11.1. The van der Waals surface area contributed by atoms with Crippen LogP contribution in [-0.2, 0) is 0 Å². The van der Waals surface area contributed by atoms with Crippen LogP contribution in [0.1, 0.15) is 0 Å². The van der Waals surface area contributed by atoms with Crippen molar-refractivity contribution >= 4 is 10.9 Å². The maximum absolute atomic E-state index is 13.5. The third-order valence-electron chi connectivity index (χ3n) is 5.42. The summed E-state index contributed by atoms with van der Waals surface area (Å²) in [7, 11) is 0. The first kappa shape index (κ1) is 19.8. The highest BCUT2D eigenvalue weighted by atomic mass is 19.1. The third kappa shape index (κ3) is 3.69.